The molecule has 1 aliphatic heterocycles. The summed E-state index contributed by atoms with van der Waals surface area (Å²) >= 11 is 6.20. The van der Waals surface area contributed by atoms with Gasteiger partial charge in [0, 0.05) is 13.1 Å². The molecule has 1 aromatic rings. The molecule has 1 heterocycles. The maximum atomic E-state index is 6.20. The van der Waals surface area contributed by atoms with Crippen LogP contribution in [0.2, 0.25) is 5.02 Å². The number of nitrogens with one attached hydrogen (secondary N) is 1. The molecule has 0 aliphatic carbocycles. The second kappa shape index (κ2) is 9.29. The Kier molecular flexibility index (Phi) is 8.09. The van der Waals surface area contributed by atoms with Crippen LogP contribution in [0, 0.1) is 5.92 Å². The first-order chi connectivity index (χ1) is 10.1. The molecule has 5 nitrogen and oxygen atoms in total. The highest BCUT2D eigenvalue weighted by atomic mass is 127. The van der Waals surface area contributed by atoms with E-state index in [-0.39, 0.29) is 24.0 Å². The van der Waals surface area contributed by atoms with Gasteiger partial charge >= 0.3 is 0 Å². The van der Waals surface area contributed by atoms with Gasteiger partial charge in [0.15, 0.2) is 17.5 Å². The summed E-state index contributed by atoms with van der Waals surface area (Å²) in [7, 11) is 0. The molecule has 2 rings (SSSR count). The van der Waals surface area contributed by atoms with E-state index in [2.05, 4.69) is 24.2 Å². The highest BCUT2D eigenvalue weighted by Crippen LogP contribution is 2.38. The van der Waals surface area contributed by atoms with E-state index in [1.54, 1.807) is 0 Å². The van der Waals surface area contributed by atoms with Gasteiger partial charge in [-0.25, -0.2) is 0 Å². The molecule has 0 unspecified atom stereocenters. The molecule has 0 aromatic heterocycles. The Balaban J connectivity index is 0.00000242. The van der Waals surface area contributed by atoms with Gasteiger partial charge < -0.3 is 20.5 Å². The Morgan fingerprint density at radius 2 is 2.09 bits per heavy atom. The summed E-state index contributed by atoms with van der Waals surface area (Å²) < 4.78 is 11.1. The van der Waals surface area contributed by atoms with Gasteiger partial charge in [0.05, 0.1) is 5.02 Å². The number of benzene rings is 1. The van der Waals surface area contributed by atoms with Crippen LogP contribution >= 0.6 is 35.6 Å². The van der Waals surface area contributed by atoms with Gasteiger partial charge in [-0.3, -0.25) is 4.99 Å². The van der Waals surface area contributed by atoms with E-state index in [0.717, 1.165) is 18.5 Å². The summed E-state index contributed by atoms with van der Waals surface area (Å²) in [5.41, 5.74) is 6.87. The van der Waals surface area contributed by atoms with E-state index >= 15 is 0 Å². The lowest BCUT2D eigenvalue weighted by Gasteiger charge is -2.20. The molecule has 0 atom stereocenters. The Morgan fingerprint density at radius 3 is 2.82 bits per heavy atom. The Bertz CT molecular complexity index is 524. The number of nitrogens with zero attached hydrogens (tertiary/aromatic N) is 1. The standard InChI is InChI=1S/C15H22ClN3O2.HI/c1-10(2)9-19-15(17)18-4-3-11-7-12(16)14-13(8-11)20-5-6-21-14;/h7-8,10H,3-6,9H2,1-2H3,(H3,17,18,19);1H. The van der Waals surface area contributed by atoms with Crippen LogP contribution in [0.25, 0.3) is 0 Å². The van der Waals surface area contributed by atoms with Crippen LogP contribution < -0.4 is 20.5 Å². The monoisotopic (exact) mass is 439 g/mol. The predicted octanol–water partition coefficient (Wildman–Crippen LogP) is 2.83. The van der Waals surface area contributed by atoms with E-state index in [1.165, 1.54) is 0 Å². The van der Waals surface area contributed by atoms with Crippen molar-refractivity contribution < 1.29 is 9.47 Å². The van der Waals surface area contributed by atoms with Crippen LogP contribution in [0.15, 0.2) is 17.1 Å². The molecule has 1 aromatic carbocycles. The number of aliphatic imine (C=N–C) groups is 1. The first kappa shape index (κ1) is 19.2. The number of rotatable bonds is 5. The minimum atomic E-state index is 0. The molecule has 0 fully saturated rings. The molecule has 0 radical (unpaired) electrons. The quantitative estimate of drug-likeness (QED) is 0.420. The average Bonchev–Trinajstić information content (AvgIpc) is 2.45. The smallest absolute Gasteiger partial charge is 0.188 e. The molecule has 0 saturated heterocycles. The number of nitrogens with two attached hydrogens (primary N) is 1. The predicted molar refractivity (Wildman–Crippen MR) is 101 cm³/mol. The van der Waals surface area contributed by atoms with Crippen molar-refractivity contribution in [2.75, 3.05) is 26.3 Å². The summed E-state index contributed by atoms with van der Waals surface area (Å²) in [6.07, 6.45) is 0.786. The van der Waals surface area contributed by atoms with Crippen LogP contribution in [0.5, 0.6) is 11.5 Å². The van der Waals surface area contributed by atoms with E-state index in [1.807, 2.05) is 12.1 Å². The van der Waals surface area contributed by atoms with Crippen LogP contribution in [0.4, 0.5) is 0 Å². The van der Waals surface area contributed by atoms with Crippen LogP contribution in [0.1, 0.15) is 19.4 Å². The Labute approximate surface area is 153 Å². The summed E-state index contributed by atoms with van der Waals surface area (Å²) in [5.74, 6) is 2.33. The topological polar surface area (TPSA) is 68.9 Å². The molecule has 0 bridgehead atoms. The molecule has 1 aliphatic rings. The van der Waals surface area contributed by atoms with Gasteiger partial charge in [-0.2, -0.15) is 0 Å². The van der Waals surface area contributed by atoms with Crippen molar-refractivity contribution in [3.63, 3.8) is 0 Å². The highest BCUT2D eigenvalue weighted by molar-refractivity contribution is 14.0. The first-order valence-corrected chi connectivity index (χ1v) is 7.56. The Morgan fingerprint density at radius 1 is 1.36 bits per heavy atom. The second-order valence-corrected chi connectivity index (χ2v) is 5.81. The third-order valence-corrected chi connectivity index (χ3v) is 3.28. The second-order valence-electron chi connectivity index (χ2n) is 5.40. The number of fused-ring (bicyclic) bond motifs is 1. The van der Waals surface area contributed by atoms with Gasteiger partial charge in [-0.1, -0.05) is 25.4 Å². The molecule has 124 valence electrons. The summed E-state index contributed by atoms with van der Waals surface area (Å²) in [4.78, 5) is 4.26. The lowest BCUT2D eigenvalue weighted by Crippen LogP contribution is -2.33. The van der Waals surface area contributed by atoms with E-state index in [0.29, 0.717) is 48.2 Å². The molecular formula is C15H23ClIN3O2. The van der Waals surface area contributed by atoms with Crippen LogP contribution in [0.3, 0.4) is 0 Å². The number of hydrogen-bond donors (Lipinski definition) is 2. The fourth-order valence-corrected chi connectivity index (χ4v) is 2.27. The molecule has 3 N–H and O–H groups in total. The molecule has 7 heteroatoms. The zero-order valence-electron chi connectivity index (χ0n) is 12.9. The third-order valence-electron chi connectivity index (χ3n) is 3.00. The average molecular weight is 440 g/mol. The lowest BCUT2D eigenvalue weighted by atomic mass is 10.1. The molecule has 0 amide bonds. The Hall–Kier alpha value is -0.890. The van der Waals surface area contributed by atoms with Crippen molar-refractivity contribution in [2.45, 2.75) is 20.3 Å². The summed E-state index contributed by atoms with van der Waals surface area (Å²) in [6.45, 7) is 6.73. The number of hydrogen-bond acceptors (Lipinski definition) is 3. The van der Waals surface area contributed by atoms with Gasteiger partial charge in [-0.05, 0) is 30.0 Å². The SMILES string of the molecule is CC(C)CN=C(N)NCCc1cc(Cl)c2c(c1)OCCO2.I. The fourth-order valence-electron chi connectivity index (χ4n) is 1.98. The number of ether oxygens (including phenoxy) is 2. The fraction of sp³-hybridized carbons (Fsp3) is 0.533. The molecular weight excluding hydrogens is 417 g/mol. The zero-order valence-corrected chi connectivity index (χ0v) is 16.0. The van der Waals surface area contributed by atoms with Crippen LogP contribution in [-0.4, -0.2) is 32.3 Å². The van der Waals surface area contributed by atoms with Crippen molar-refractivity contribution in [3.05, 3.63) is 22.7 Å². The number of halogens is 2. The highest BCUT2D eigenvalue weighted by Gasteiger charge is 2.16. The minimum Gasteiger partial charge on any atom is -0.486 e. The maximum absolute atomic E-state index is 6.20. The first-order valence-electron chi connectivity index (χ1n) is 7.18. The third kappa shape index (κ3) is 5.72. The minimum absolute atomic E-state index is 0. The van der Waals surface area contributed by atoms with Crippen molar-refractivity contribution in [1.82, 2.24) is 5.32 Å². The van der Waals surface area contributed by atoms with E-state index in [4.69, 9.17) is 26.8 Å². The van der Waals surface area contributed by atoms with Gasteiger partial charge in [-0.15, -0.1) is 24.0 Å². The lowest BCUT2D eigenvalue weighted by molar-refractivity contribution is 0.171. The summed E-state index contributed by atoms with van der Waals surface area (Å²) in [6, 6.07) is 3.86. The molecule has 0 saturated carbocycles. The molecule has 22 heavy (non-hydrogen) atoms. The largest absolute Gasteiger partial charge is 0.486 e. The van der Waals surface area contributed by atoms with Gasteiger partial charge in [0.25, 0.3) is 0 Å². The van der Waals surface area contributed by atoms with Crippen molar-refractivity contribution in [1.29, 1.82) is 0 Å². The normalized spacial score (nSPS) is 13.7. The zero-order chi connectivity index (χ0) is 15.2. The molecule has 0 spiro atoms. The van der Waals surface area contributed by atoms with Crippen LogP contribution in [-0.2, 0) is 6.42 Å². The van der Waals surface area contributed by atoms with Gasteiger partial charge in [0.2, 0.25) is 0 Å². The number of guanidine groups is 1. The summed E-state index contributed by atoms with van der Waals surface area (Å²) in [5, 5.41) is 3.69. The van der Waals surface area contributed by atoms with Gasteiger partial charge in [0.1, 0.15) is 13.2 Å². The van der Waals surface area contributed by atoms with E-state index in [9.17, 15) is 0 Å². The maximum Gasteiger partial charge on any atom is 0.188 e. The van der Waals surface area contributed by atoms with Crippen molar-refractivity contribution >= 4 is 41.5 Å². The van der Waals surface area contributed by atoms with Crippen molar-refractivity contribution in [2.24, 2.45) is 16.6 Å². The van der Waals surface area contributed by atoms with Crippen molar-refractivity contribution in [3.8, 4) is 11.5 Å². The van der Waals surface area contributed by atoms with E-state index < -0.39 is 0 Å².